The van der Waals surface area contributed by atoms with E-state index in [1.54, 1.807) is 0 Å². The Kier molecular flexibility index (Phi) is 6.08. The molecule has 0 aliphatic heterocycles. The molecule has 0 fully saturated rings. The third kappa shape index (κ3) is 5.73. The molecule has 0 atom stereocenters. The molecule has 0 aliphatic rings. The summed E-state index contributed by atoms with van der Waals surface area (Å²) in [5.41, 5.74) is 0.0704. The summed E-state index contributed by atoms with van der Waals surface area (Å²) in [6.07, 6.45) is 0.339. The lowest BCUT2D eigenvalue weighted by Crippen LogP contribution is -2.37. The van der Waals surface area contributed by atoms with Crippen LogP contribution < -0.4 is 5.32 Å². The number of hydrogen-bond donors (Lipinski definition) is 1. The first-order valence-corrected chi connectivity index (χ1v) is 5.63. The lowest BCUT2D eigenvalue weighted by molar-refractivity contribution is -0.142. The van der Waals surface area contributed by atoms with Crippen molar-refractivity contribution in [1.29, 1.82) is 0 Å². The first-order valence-electron chi connectivity index (χ1n) is 5.63. The van der Waals surface area contributed by atoms with Gasteiger partial charge in [-0.15, -0.1) is 0 Å². The zero-order valence-corrected chi connectivity index (χ0v) is 10.9. The number of esters is 1. The van der Waals surface area contributed by atoms with Crippen molar-refractivity contribution in [2.75, 3.05) is 13.7 Å². The highest BCUT2D eigenvalue weighted by atomic mass is 16.5. The number of methoxy groups -OCH3 is 1. The fraction of sp³-hybridized carbons (Fsp3) is 0.833. The predicted octanol–water partition coefficient (Wildman–Crippen LogP) is 1.74. The lowest BCUT2D eigenvalue weighted by atomic mass is 9.81. The monoisotopic (exact) mass is 229 g/mol. The van der Waals surface area contributed by atoms with Crippen molar-refractivity contribution in [1.82, 2.24) is 5.32 Å². The van der Waals surface area contributed by atoms with Gasteiger partial charge in [0.25, 0.3) is 0 Å². The van der Waals surface area contributed by atoms with Gasteiger partial charge < -0.3 is 10.1 Å². The second-order valence-corrected chi connectivity index (χ2v) is 5.00. The number of carbonyl (C=O) groups is 2. The summed E-state index contributed by atoms with van der Waals surface area (Å²) in [5.74, 6) is 0.0470. The van der Waals surface area contributed by atoms with Gasteiger partial charge in [-0.2, -0.15) is 0 Å². The highest BCUT2D eigenvalue weighted by Gasteiger charge is 2.22. The normalized spacial score (nSPS) is 11.4. The van der Waals surface area contributed by atoms with Gasteiger partial charge in [0.1, 0.15) is 0 Å². The topological polar surface area (TPSA) is 55.4 Å². The van der Waals surface area contributed by atoms with Gasteiger partial charge in [0.15, 0.2) is 0 Å². The van der Waals surface area contributed by atoms with Crippen LogP contribution in [0.1, 0.15) is 40.5 Å². The van der Waals surface area contributed by atoms with Crippen molar-refractivity contribution < 1.29 is 14.3 Å². The average molecular weight is 229 g/mol. The second kappa shape index (κ2) is 6.51. The van der Waals surface area contributed by atoms with Crippen LogP contribution in [0.25, 0.3) is 0 Å². The molecule has 0 heterocycles. The Bertz CT molecular complexity index is 247. The molecule has 0 bridgehead atoms. The smallest absolute Gasteiger partial charge is 0.306 e. The van der Waals surface area contributed by atoms with Gasteiger partial charge in [0.05, 0.1) is 13.5 Å². The van der Waals surface area contributed by atoms with Crippen LogP contribution in [0, 0.1) is 11.3 Å². The summed E-state index contributed by atoms with van der Waals surface area (Å²) >= 11 is 0. The molecule has 0 spiro atoms. The van der Waals surface area contributed by atoms with E-state index in [-0.39, 0.29) is 30.1 Å². The van der Waals surface area contributed by atoms with Gasteiger partial charge in [0.2, 0.25) is 5.91 Å². The summed E-state index contributed by atoms with van der Waals surface area (Å²) in [6.45, 7) is 9.10. The Labute approximate surface area is 97.7 Å². The molecule has 16 heavy (non-hydrogen) atoms. The van der Waals surface area contributed by atoms with E-state index in [1.807, 2.05) is 0 Å². The molecule has 0 unspecified atom stereocenters. The van der Waals surface area contributed by atoms with Gasteiger partial charge in [-0.05, 0) is 11.3 Å². The van der Waals surface area contributed by atoms with E-state index in [2.05, 4.69) is 37.7 Å². The van der Waals surface area contributed by atoms with E-state index in [0.29, 0.717) is 12.5 Å². The van der Waals surface area contributed by atoms with Crippen LogP contribution in [0.5, 0.6) is 0 Å². The van der Waals surface area contributed by atoms with E-state index in [9.17, 15) is 9.59 Å². The fourth-order valence-corrected chi connectivity index (χ4v) is 0.937. The molecule has 0 saturated heterocycles. The minimum atomic E-state index is -0.349. The van der Waals surface area contributed by atoms with E-state index in [1.165, 1.54) is 7.11 Å². The molecule has 4 nitrogen and oxygen atoms in total. The van der Waals surface area contributed by atoms with Crippen LogP contribution in [0.2, 0.25) is 0 Å². The molecular weight excluding hydrogens is 206 g/mol. The van der Waals surface area contributed by atoms with Crippen molar-refractivity contribution in [3.05, 3.63) is 0 Å². The number of carbonyl (C=O) groups excluding carboxylic acids is 2. The average Bonchev–Trinajstić information content (AvgIpc) is 2.22. The molecule has 0 radical (unpaired) electrons. The summed E-state index contributed by atoms with van der Waals surface area (Å²) in [6, 6.07) is 0. The van der Waals surface area contributed by atoms with Gasteiger partial charge >= 0.3 is 5.97 Å². The largest absolute Gasteiger partial charge is 0.469 e. The Balaban J connectivity index is 3.86. The summed E-state index contributed by atoms with van der Waals surface area (Å²) in [7, 11) is 1.32. The number of rotatable bonds is 6. The van der Waals surface area contributed by atoms with Crippen molar-refractivity contribution in [3.63, 3.8) is 0 Å². The van der Waals surface area contributed by atoms with Crippen LogP contribution in [-0.4, -0.2) is 25.5 Å². The summed E-state index contributed by atoms with van der Waals surface area (Å²) < 4.78 is 4.47. The Morgan fingerprint density at radius 2 is 1.81 bits per heavy atom. The van der Waals surface area contributed by atoms with E-state index in [4.69, 9.17) is 0 Å². The lowest BCUT2D eigenvalue weighted by Gasteiger charge is -2.29. The quantitative estimate of drug-likeness (QED) is 0.706. The van der Waals surface area contributed by atoms with Crippen LogP contribution in [0.3, 0.4) is 0 Å². The molecule has 0 aromatic heterocycles. The number of hydrogen-bond acceptors (Lipinski definition) is 3. The van der Waals surface area contributed by atoms with Crippen LogP contribution in [0.15, 0.2) is 0 Å². The number of ether oxygens (including phenoxy) is 1. The SMILES string of the molecule is COC(=O)CCC(=O)NCC(C)(C)C(C)C. The molecule has 0 aromatic carbocycles. The van der Waals surface area contributed by atoms with Gasteiger partial charge in [0, 0.05) is 13.0 Å². The molecule has 0 aliphatic carbocycles. The highest BCUT2D eigenvalue weighted by Crippen LogP contribution is 2.24. The molecule has 94 valence electrons. The molecular formula is C12H23NO3. The maximum absolute atomic E-state index is 11.4. The third-order valence-electron chi connectivity index (χ3n) is 3.09. The Morgan fingerprint density at radius 3 is 2.25 bits per heavy atom. The first-order chi connectivity index (χ1) is 7.29. The van der Waals surface area contributed by atoms with E-state index < -0.39 is 0 Å². The third-order valence-corrected chi connectivity index (χ3v) is 3.09. The van der Waals surface area contributed by atoms with Crippen LogP contribution in [-0.2, 0) is 14.3 Å². The zero-order chi connectivity index (χ0) is 12.8. The number of nitrogens with one attached hydrogen (secondary N) is 1. The molecule has 0 saturated carbocycles. The molecule has 4 heteroatoms. The van der Waals surface area contributed by atoms with Crippen LogP contribution >= 0.6 is 0 Å². The van der Waals surface area contributed by atoms with Crippen molar-refractivity contribution in [2.45, 2.75) is 40.5 Å². The zero-order valence-electron chi connectivity index (χ0n) is 10.9. The minimum absolute atomic E-state index is 0.0704. The van der Waals surface area contributed by atoms with E-state index >= 15 is 0 Å². The second-order valence-electron chi connectivity index (χ2n) is 5.00. The summed E-state index contributed by atoms with van der Waals surface area (Å²) in [5, 5.41) is 2.84. The van der Waals surface area contributed by atoms with Crippen LogP contribution in [0.4, 0.5) is 0 Å². The minimum Gasteiger partial charge on any atom is -0.469 e. The van der Waals surface area contributed by atoms with Crippen molar-refractivity contribution >= 4 is 11.9 Å². The molecule has 0 rings (SSSR count). The van der Waals surface area contributed by atoms with Crippen molar-refractivity contribution in [3.8, 4) is 0 Å². The van der Waals surface area contributed by atoms with Gasteiger partial charge in [-0.3, -0.25) is 9.59 Å². The maximum Gasteiger partial charge on any atom is 0.306 e. The molecule has 1 amide bonds. The standard InChI is InChI=1S/C12H23NO3/c1-9(2)12(3,4)8-13-10(14)6-7-11(15)16-5/h9H,6-8H2,1-5H3,(H,13,14). The van der Waals surface area contributed by atoms with E-state index in [0.717, 1.165) is 0 Å². The van der Waals surface area contributed by atoms with Gasteiger partial charge in [-0.25, -0.2) is 0 Å². The highest BCUT2D eigenvalue weighted by molar-refractivity contribution is 5.81. The predicted molar refractivity (Wildman–Crippen MR) is 62.9 cm³/mol. The molecule has 0 aromatic rings. The van der Waals surface area contributed by atoms with Crippen molar-refractivity contribution in [2.24, 2.45) is 11.3 Å². The first kappa shape index (κ1) is 14.9. The summed E-state index contributed by atoms with van der Waals surface area (Å²) in [4.78, 5) is 22.2. The fourth-order valence-electron chi connectivity index (χ4n) is 0.937. The molecule has 1 N–H and O–H groups in total. The Hall–Kier alpha value is -1.06. The maximum atomic E-state index is 11.4. The number of amides is 1. The van der Waals surface area contributed by atoms with Gasteiger partial charge in [-0.1, -0.05) is 27.7 Å². The Morgan fingerprint density at radius 1 is 1.25 bits per heavy atom.